The highest BCUT2D eigenvalue weighted by molar-refractivity contribution is 7.90. The fourth-order valence-corrected chi connectivity index (χ4v) is 7.60. The fourth-order valence-electron chi connectivity index (χ4n) is 5.83. The van der Waals surface area contributed by atoms with Crippen LogP contribution in [0.15, 0.2) is 89.8 Å². The number of hydrogen-bond donors (Lipinski definition) is 0. The van der Waals surface area contributed by atoms with Gasteiger partial charge in [-0.3, -0.25) is 9.59 Å². The molecule has 1 aliphatic heterocycles. The molecule has 0 radical (unpaired) electrons. The molecule has 44 heavy (non-hydrogen) atoms. The molecule has 2 heterocycles. The Kier molecular flexibility index (Phi) is 8.07. The van der Waals surface area contributed by atoms with Gasteiger partial charge in [0, 0.05) is 17.0 Å². The van der Waals surface area contributed by atoms with E-state index in [1.807, 2.05) is 24.3 Å². The van der Waals surface area contributed by atoms with E-state index >= 15 is 0 Å². The van der Waals surface area contributed by atoms with Gasteiger partial charge in [-0.2, -0.15) is 0 Å². The number of ether oxygens (including phenoxy) is 2. The minimum absolute atomic E-state index is 0.126. The first kappa shape index (κ1) is 30.4. The second-order valence-electron chi connectivity index (χ2n) is 12.5. The van der Waals surface area contributed by atoms with Gasteiger partial charge in [-0.1, -0.05) is 60.1 Å². The van der Waals surface area contributed by atoms with Crippen LogP contribution < -0.4 is 0 Å². The minimum atomic E-state index is -4.10. The molecule has 0 bridgehead atoms. The zero-order valence-corrected chi connectivity index (χ0v) is 26.4. The first-order valence-corrected chi connectivity index (χ1v) is 16.6. The van der Waals surface area contributed by atoms with Crippen LogP contribution in [0.5, 0.6) is 0 Å². The molecule has 0 unspecified atom stereocenters. The van der Waals surface area contributed by atoms with Gasteiger partial charge in [0.2, 0.25) is 0 Å². The molecule has 8 nitrogen and oxygen atoms in total. The second kappa shape index (κ2) is 11.7. The van der Waals surface area contributed by atoms with Crippen LogP contribution >= 0.6 is 11.6 Å². The molecule has 10 heteroatoms. The molecule has 1 saturated heterocycles. The van der Waals surface area contributed by atoms with Crippen molar-refractivity contribution < 1.29 is 27.5 Å². The first-order chi connectivity index (χ1) is 20.9. The number of rotatable bonds is 8. The number of aromatic nitrogens is 1. The first-order valence-electron chi connectivity index (χ1n) is 14.8. The lowest BCUT2D eigenvalue weighted by Gasteiger charge is -2.45. The van der Waals surface area contributed by atoms with Crippen molar-refractivity contribution in [3.05, 3.63) is 101 Å². The summed E-state index contributed by atoms with van der Waals surface area (Å²) in [6, 6.07) is 23.6. The summed E-state index contributed by atoms with van der Waals surface area (Å²) in [6.45, 7) is 5.71. The van der Waals surface area contributed by atoms with E-state index in [-0.39, 0.29) is 23.1 Å². The van der Waals surface area contributed by atoms with Crippen molar-refractivity contribution in [2.45, 2.75) is 68.8 Å². The van der Waals surface area contributed by atoms with Crippen LogP contribution in [0.3, 0.4) is 0 Å². The van der Waals surface area contributed by atoms with Crippen molar-refractivity contribution in [3.8, 4) is 0 Å². The summed E-state index contributed by atoms with van der Waals surface area (Å²) in [6.07, 6.45) is -0.298. The highest BCUT2D eigenvalue weighted by Crippen LogP contribution is 2.47. The van der Waals surface area contributed by atoms with Crippen LogP contribution in [0.1, 0.15) is 63.4 Å². The lowest BCUT2D eigenvalue weighted by atomic mass is 9.93. The smallest absolute Gasteiger partial charge is 0.309 e. The monoisotopic (exact) mass is 634 g/mol. The van der Waals surface area contributed by atoms with E-state index in [0.717, 1.165) is 12.8 Å². The SMILES string of the molecule is CC(C)(C)OC(=O)C[C@H]1O[C@H](c2cccc(Cl)c2)[C@@H](c2cc3ccccc3n2S(=O)(=O)c2ccccc2)N(CC2CC2)C1=O. The van der Waals surface area contributed by atoms with Gasteiger partial charge in [0.05, 0.1) is 22.5 Å². The number of hydrogen-bond acceptors (Lipinski definition) is 6. The van der Waals surface area contributed by atoms with Gasteiger partial charge >= 0.3 is 5.97 Å². The molecule has 0 N–H and O–H groups in total. The van der Waals surface area contributed by atoms with Crippen molar-refractivity contribution >= 4 is 44.4 Å². The number of morpholine rings is 1. The number of carbonyl (C=O) groups is 2. The topological polar surface area (TPSA) is 94.9 Å². The number of halogens is 1. The molecule has 0 spiro atoms. The molecule has 6 rings (SSSR count). The van der Waals surface area contributed by atoms with E-state index in [2.05, 4.69) is 0 Å². The average Bonchev–Trinajstić information content (AvgIpc) is 3.71. The maximum atomic E-state index is 14.4. The van der Waals surface area contributed by atoms with Crippen LogP contribution in [0.2, 0.25) is 5.02 Å². The molecular weight excluding hydrogens is 600 g/mol. The van der Waals surface area contributed by atoms with Crippen LogP contribution in [0.25, 0.3) is 10.9 Å². The molecule has 3 aromatic carbocycles. The fraction of sp³-hybridized carbons (Fsp3) is 0.353. The number of para-hydroxylation sites is 1. The Labute approximate surface area is 262 Å². The summed E-state index contributed by atoms with van der Waals surface area (Å²) < 4.78 is 42.2. The Hall–Kier alpha value is -3.66. The number of carbonyl (C=O) groups excluding carboxylic acids is 2. The van der Waals surface area contributed by atoms with Gasteiger partial charge < -0.3 is 14.4 Å². The van der Waals surface area contributed by atoms with Crippen molar-refractivity contribution in [3.63, 3.8) is 0 Å². The van der Waals surface area contributed by atoms with E-state index in [0.29, 0.717) is 33.7 Å². The third kappa shape index (κ3) is 6.14. The number of amides is 1. The Morgan fingerprint density at radius 3 is 2.36 bits per heavy atom. The maximum absolute atomic E-state index is 14.4. The summed E-state index contributed by atoms with van der Waals surface area (Å²) in [5, 5.41) is 1.18. The van der Waals surface area contributed by atoms with Gasteiger partial charge in [-0.05, 0) is 81.5 Å². The van der Waals surface area contributed by atoms with Crippen LogP contribution in [0, 0.1) is 5.92 Å². The van der Waals surface area contributed by atoms with Gasteiger partial charge in [-0.15, -0.1) is 0 Å². The summed E-state index contributed by atoms with van der Waals surface area (Å²) >= 11 is 6.45. The number of nitrogens with zero attached hydrogens (tertiary/aromatic N) is 2. The molecule has 1 saturated carbocycles. The molecule has 230 valence electrons. The number of fused-ring (bicyclic) bond motifs is 1. The Bertz CT molecular complexity index is 1810. The minimum Gasteiger partial charge on any atom is -0.460 e. The lowest BCUT2D eigenvalue weighted by Crippen LogP contribution is -2.52. The third-order valence-corrected chi connectivity index (χ3v) is 9.86. The quantitative estimate of drug-likeness (QED) is 0.201. The predicted octanol–water partition coefficient (Wildman–Crippen LogP) is 6.68. The van der Waals surface area contributed by atoms with Gasteiger partial charge in [0.25, 0.3) is 15.9 Å². The van der Waals surface area contributed by atoms with E-state index in [9.17, 15) is 18.0 Å². The Morgan fingerprint density at radius 1 is 0.977 bits per heavy atom. The van der Waals surface area contributed by atoms with E-state index in [1.54, 1.807) is 86.3 Å². The third-order valence-electron chi connectivity index (χ3n) is 7.87. The Balaban J connectivity index is 1.54. The lowest BCUT2D eigenvalue weighted by molar-refractivity contribution is -0.183. The zero-order chi connectivity index (χ0) is 31.2. The molecule has 1 amide bonds. The molecule has 2 fully saturated rings. The van der Waals surface area contributed by atoms with E-state index in [1.165, 1.54) is 3.97 Å². The summed E-state index contributed by atoms with van der Waals surface area (Å²) in [4.78, 5) is 29.1. The maximum Gasteiger partial charge on any atom is 0.309 e. The van der Waals surface area contributed by atoms with Crippen molar-refractivity contribution in [2.75, 3.05) is 6.54 Å². The highest BCUT2D eigenvalue weighted by Gasteiger charge is 2.48. The summed E-state index contributed by atoms with van der Waals surface area (Å²) in [5.41, 5.74) is 0.818. The molecule has 1 aromatic heterocycles. The normalized spacial score (nSPS) is 21.0. The molecule has 4 aromatic rings. The largest absolute Gasteiger partial charge is 0.460 e. The number of esters is 1. The van der Waals surface area contributed by atoms with Gasteiger partial charge in [-0.25, -0.2) is 12.4 Å². The van der Waals surface area contributed by atoms with Gasteiger partial charge in [0.15, 0.2) is 0 Å². The number of benzene rings is 3. The molecule has 2 aliphatic rings. The second-order valence-corrected chi connectivity index (χ2v) is 14.7. The summed E-state index contributed by atoms with van der Waals surface area (Å²) in [5.74, 6) is -0.656. The average molecular weight is 635 g/mol. The summed E-state index contributed by atoms with van der Waals surface area (Å²) in [7, 11) is -4.10. The van der Waals surface area contributed by atoms with Crippen molar-refractivity contribution in [1.82, 2.24) is 8.87 Å². The molecule has 1 aliphatic carbocycles. The van der Waals surface area contributed by atoms with Gasteiger partial charge in [0.1, 0.15) is 23.9 Å². The van der Waals surface area contributed by atoms with E-state index < -0.39 is 39.8 Å². The molecular formula is C34H35ClN2O6S. The standard InChI is InChI=1S/C34H35ClN2O6S/c1-34(2,3)43-30(38)20-29-33(39)36(21-22-16-17-22)31(32(42-29)24-11-9-12-25(35)18-24)28-19-23-10-7-8-15-27(23)37(28)44(40,41)26-13-5-4-6-14-26/h4-15,18-19,22,29,31-32H,16-17,20-21H2,1-3H3/t29-,31-,32-/m1/s1. The Morgan fingerprint density at radius 2 is 1.68 bits per heavy atom. The van der Waals surface area contributed by atoms with Crippen LogP contribution in [-0.2, 0) is 29.1 Å². The van der Waals surface area contributed by atoms with E-state index in [4.69, 9.17) is 21.1 Å². The van der Waals surface area contributed by atoms with Crippen molar-refractivity contribution in [2.24, 2.45) is 5.92 Å². The molecule has 3 atom stereocenters. The van der Waals surface area contributed by atoms with Crippen molar-refractivity contribution in [1.29, 1.82) is 0 Å². The predicted molar refractivity (Wildman–Crippen MR) is 168 cm³/mol. The van der Waals surface area contributed by atoms with Crippen LogP contribution in [-0.4, -0.2) is 47.4 Å². The zero-order valence-electron chi connectivity index (χ0n) is 24.9. The highest BCUT2D eigenvalue weighted by atomic mass is 35.5. The van der Waals surface area contributed by atoms with Crippen LogP contribution in [0.4, 0.5) is 0 Å².